The Morgan fingerprint density at radius 1 is 1.37 bits per heavy atom. The summed E-state index contributed by atoms with van der Waals surface area (Å²) in [6.07, 6.45) is 3.16. The van der Waals surface area contributed by atoms with Gasteiger partial charge in [0.05, 0.1) is 7.11 Å². The summed E-state index contributed by atoms with van der Waals surface area (Å²) in [7, 11) is 1.64. The molecular formula is C15H22N2O2. The second kappa shape index (κ2) is 6.57. The van der Waals surface area contributed by atoms with Crippen LogP contribution in [-0.2, 0) is 11.3 Å². The molecule has 3 N–H and O–H groups in total. The molecule has 4 heteroatoms. The van der Waals surface area contributed by atoms with Gasteiger partial charge in [-0.25, -0.2) is 0 Å². The highest BCUT2D eigenvalue weighted by Gasteiger charge is 2.31. The molecule has 0 radical (unpaired) electrons. The third-order valence-electron chi connectivity index (χ3n) is 3.92. The lowest BCUT2D eigenvalue weighted by Gasteiger charge is -2.17. The van der Waals surface area contributed by atoms with E-state index in [1.807, 2.05) is 24.3 Å². The van der Waals surface area contributed by atoms with Crippen molar-refractivity contribution in [3.8, 4) is 5.75 Å². The number of ether oxygens (including phenoxy) is 1. The van der Waals surface area contributed by atoms with E-state index in [1.54, 1.807) is 7.11 Å². The molecule has 1 aromatic rings. The molecule has 1 aliphatic carbocycles. The van der Waals surface area contributed by atoms with Crippen LogP contribution >= 0.6 is 0 Å². The number of carbonyl (C=O) groups is 1. The fraction of sp³-hybridized carbons (Fsp3) is 0.533. The van der Waals surface area contributed by atoms with Gasteiger partial charge in [-0.2, -0.15) is 0 Å². The SMILES string of the molecule is COc1ccc(CNC(=O)[C@@H]2CCC[C@@H]2CN)cc1. The molecule has 1 fully saturated rings. The van der Waals surface area contributed by atoms with Gasteiger partial charge in [0.15, 0.2) is 0 Å². The van der Waals surface area contributed by atoms with Gasteiger partial charge < -0.3 is 15.8 Å². The summed E-state index contributed by atoms with van der Waals surface area (Å²) in [6.45, 7) is 1.18. The van der Waals surface area contributed by atoms with Gasteiger partial charge in [-0.3, -0.25) is 4.79 Å². The average Bonchev–Trinajstić information content (AvgIpc) is 2.93. The third kappa shape index (κ3) is 3.47. The zero-order valence-electron chi connectivity index (χ0n) is 11.4. The van der Waals surface area contributed by atoms with Crippen molar-refractivity contribution in [2.45, 2.75) is 25.8 Å². The molecular weight excluding hydrogens is 240 g/mol. The van der Waals surface area contributed by atoms with Crippen LogP contribution in [0.15, 0.2) is 24.3 Å². The van der Waals surface area contributed by atoms with Crippen molar-refractivity contribution >= 4 is 5.91 Å². The van der Waals surface area contributed by atoms with Crippen molar-refractivity contribution in [3.63, 3.8) is 0 Å². The molecule has 0 unspecified atom stereocenters. The lowest BCUT2D eigenvalue weighted by molar-refractivity contribution is -0.126. The van der Waals surface area contributed by atoms with Gasteiger partial charge >= 0.3 is 0 Å². The number of benzene rings is 1. The predicted molar refractivity (Wildman–Crippen MR) is 74.7 cm³/mol. The van der Waals surface area contributed by atoms with Crippen molar-refractivity contribution in [1.82, 2.24) is 5.32 Å². The van der Waals surface area contributed by atoms with Crippen molar-refractivity contribution in [2.24, 2.45) is 17.6 Å². The fourth-order valence-corrected chi connectivity index (χ4v) is 2.73. The molecule has 0 bridgehead atoms. The Kier molecular flexibility index (Phi) is 4.80. The summed E-state index contributed by atoms with van der Waals surface area (Å²) >= 11 is 0. The second-order valence-corrected chi connectivity index (χ2v) is 5.10. The molecule has 2 atom stereocenters. The first-order chi connectivity index (χ1) is 9.24. The minimum atomic E-state index is 0.100. The molecule has 0 aromatic heterocycles. The maximum Gasteiger partial charge on any atom is 0.223 e. The summed E-state index contributed by atoms with van der Waals surface area (Å²) in [5.41, 5.74) is 6.79. The van der Waals surface area contributed by atoms with Crippen LogP contribution in [-0.4, -0.2) is 19.6 Å². The van der Waals surface area contributed by atoms with Gasteiger partial charge in [-0.05, 0) is 43.0 Å². The molecule has 1 saturated carbocycles. The Morgan fingerprint density at radius 2 is 2.11 bits per heavy atom. The largest absolute Gasteiger partial charge is 0.497 e. The normalized spacial score (nSPS) is 22.2. The van der Waals surface area contributed by atoms with Crippen molar-refractivity contribution in [1.29, 1.82) is 0 Å². The molecule has 0 spiro atoms. The van der Waals surface area contributed by atoms with E-state index in [9.17, 15) is 4.79 Å². The molecule has 0 saturated heterocycles. The molecule has 1 amide bonds. The van der Waals surface area contributed by atoms with E-state index in [0.29, 0.717) is 19.0 Å². The molecule has 4 nitrogen and oxygen atoms in total. The maximum absolute atomic E-state index is 12.1. The van der Waals surface area contributed by atoms with Crippen molar-refractivity contribution in [3.05, 3.63) is 29.8 Å². The predicted octanol–water partition coefficient (Wildman–Crippen LogP) is 1.69. The number of nitrogens with one attached hydrogen (secondary N) is 1. The minimum absolute atomic E-state index is 0.100. The van der Waals surface area contributed by atoms with Crippen LogP contribution in [0.4, 0.5) is 0 Å². The lowest BCUT2D eigenvalue weighted by Crippen LogP contribution is -2.34. The summed E-state index contributed by atoms with van der Waals surface area (Å²) in [5, 5.41) is 3.01. The van der Waals surface area contributed by atoms with E-state index in [1.165, 1.54) is 0 Å². The fourth-order valence-electron chi connectivity index (χ4n) is 2.73. The zero-order chi connectivity index (χ0) is 13.7. The molecule has 19 heavy (non-hydrogen) atoms. The Balaban J connectivity index is 1.85. The summed E-state index contributed by atoms with van der Waals surface area (Å²) < 4.78 is 5.10. The molecule has 1 aliphatic rings. The first-order valence-corrected chi connectivity index (χ1v) is 6.85. The van der Waals surface area contributed by atoms with Gasteiger partial charge in [0, 0.05) is 12.5 Å². The van der Waals surface area contributed by atoms with E-state index in [-0.39, 0.29) is 11.8 Å². The van der Waals surface area contributed by atoms with Crippen LogP contribution in [0.1, 0.15) is 24.8 Å². The van der Waals surface area contributed by atoms with E-state index in [2.05, 4.69) is 5.32 Å². The van der Waals surface area contributed by atoms with Gasteiger partial charge in [0.2, 0.25) is 5.91 Å². The van der Waals surface area contributed by atoms with Crippen molar-refractivity contribution in [2.75, 3.05) is 13.7 Å². The molecule has 0 aliphatic heterocycles. The van der Waals surface area contributed by atoms with Crippen LogP contribution in [0.25, 0.3) is 0 Å². The van der Waals surface area contributed by atoms with Gasteiger partial charge in [-0.1, -0.05) is 18.6 Å². The number of methoxy groups -OCH3 is 1. The Labute approximate surface area is 114 Å². The standard InChI is InChI=1S/C15H22N2O2/c1-19-13-7-5-11(6-8-13)10-17-15(18)14-4-2-3-12(14)9-16/h5-8,12,14H,2-4,9-10,16H2,1H3,(H,17,18)/t12-,14-/m1/s1. The van der Waals surface area contributed by atoms with Crippen molar-refractivity contribution < 1.29 is 9.53 Å². The highest BCUT2D eigenvalue weighted by atomic mass is 16.5. The average molecular weight is 262 g/mol. The Morgan fingerprint density at radius 3 is 2.74 bits per heavy atom. The summed E-state index contributed by atoms with van der Waals surface area (Å²) in [5.74, 6) is 1.43. The number of nitrogens with two attached hydrogens (primary N) is 1. The van der Waals surface area contributed by atoms with Crippen LogP contribution < -0.4 is 15.8 Å². The van der Waals surface area contributed by atoms with Gasteiger partial charge in [-0.15, -0.1) is 0 Å². The zero-order valence-corrected chi connectivity index (χ0v) is 11.4. The monoisotopic (exact) mass is 262 g/mol. The van der Waals surface area contributed by atoms with Crippen LogP contribution in [0.5, 0.6) is 5.75 Å². The first-order valence-electron chi connectivity index (χ1n) is 6.85. The van der Waals surface area contributed by atoms with E-state index in [4.69, 9.17) is 10.5 Å². The number of rotatable bonds is 5. The molecule has 1 aromatic carbocycles. The Hall–Kier alpha value is -1.55. The number of hydrogen-bond acceptors (Lipinski definition) is 3. The lowest BCUT2D eigenvalue weighted by atomic mass is 9.95. The van der Waals surface area contributed by atoms with Crippen LogP contribution in [0.3, 0.4) is 0 Å². The topological polar surface area (TPSA) is 64.3 Å². The maximum atomic E-state index is 12.1. The summed E-state index contributed by atoms with van der Waals surface area (Å²) in [4.78, 5) is 12.1. The molecule has 104 valence electrons. The third-order valence-corrected chi connectivity index (χ3v) is 3.92. The quantitative estimate of drug-likeness (QED) is 0.848. The second-order valence-electron chi connectivity index (χ2n) is 5.10. The van der Waals surface area contributed by atoms with E-state index < -0.39 is 0 Å². The summed E-state index contributed by atoms with van der Waals surface area (Å²) in [6, 6.07) is 7.74. The molecule has 2 rings (SSSR count). The molecule has 0 heterocycles. The van der Waals surface area contributed by atoms with E-state index in [0.717, 1.165) is 30.6 Å². The smallest absolute Gasteiger partial charge is 0.223 e. The number of carbonyl (C=O) groups excluding carboxylic acids is 1. The highest BCUT2D eigenvalue weighted by molar-refractivity contribution is 5.79. The highest BCUT2D eigenvalue weighted by Crippen LogP contribution is 2.30. The van der Waals surface area contributed by atoms with Crippen LogP contribution in [0.2, 0.25) is 0 Å². The van der Waals surface area contributed by atoms with Gasteiger partial charge in [0.25, 0.3) is 0 Å². The minimum Gasteiger partial charge on any atom is -0.497 e. The Bertz CT molecular complexity index is 417. The van der Waals surface area contributed by atoms with E-state index >= 15 is 0 Å². The number of amides is 1. The first kappa shape index (κ1) is 13.9. The van der Waals surface area contributed by atoms with Gasteiger partial charge in [0.1, 0.15) is 5.75 Å². The van der Waals surface area contributed by atoms with Crippen LogP contribution in [0, 0.1) is 11.8 Å². The number of hydrogen-bond donors (Lipinski definition) is 2.